The van der Waals surface area contributed by atoms with Crippen LogP contribution < -0.4 is 14.8 Å². The lowest BCUT2D eigenvalue weighted by atomic mass is 9.76. The summed E-state index contributed by atoms with van der Waals surface area (Å²) in [7, 11) is 2.90. The van der Waals surface area contributed by atoms with Crippen LogP contribution in [0.5, 0.6) is 11.5 Å². The molecule has 3 N–H and O–H groups in total. The van der Waals surface area contributed by atoms with Gasteiger partial charge in [-0.15, -0.1) is 0 Å². The lowest BCUT2D eigenvalue weighted by Crippen LogP contribution is -2.59. The summed E-state index contributed by atoms with van der Waals surface area (Å²) in [6.45, 7) is -0.345. The van der Waals surface area contributed by atoms with E-state index in [-0.39, 0.29) is 31.7 Å². The number of aldehydes is 1. The van der Waals surface area contributed by atoms with Gasteiger partial charge in [-0.25, -0.2) is 0 Å². The number of benzene rings is 1. The summed E-state index contributed by atoms with van der Waals surface area (Å²) in [4.78, 5) is 39.8. The number of nitrogens with one attached hydrogen (secondary N) is 1. The molecular formula is C26H34N2O8. The highest BCUT2D eigenvalue weighted by Crippen LogP contribution is 2.51. The van der Waals surface area contributed by atoms with Crippen LogP contribution in [0.1, 0.15) is 53.9 Å². The van der Waals surface area contributed by atoms with Crippen LogP contribution in [0.2, 0.25) is 0 Å². The number of nitrogens with zero attached hydrogens (tertiary/aromatic N) is 1. The van der Waals surface area contributed by atoms with E-state index in [1.807, 2.05) is 0 Å². The number of ether oxygens (including phenoxy) is 3. The Bertz CT molecular complexity index is 1020. The Morgan fingerprint density at radius 2 is 1.97 bits per heavy atom. The van der Waals surface area contributed by atoms with Crippen molar-refractivity contribution in [1.29, 1.82) is 0 Å². The average Bonchev–Trinajstić information content (AvgIpc) is 3.29. The van der Waals surface area contributed by atoms with Crippen LogP contribution in [0.4, 0.5) is 0 Å². The molecule has 0 bridgehead atoms. The van der Waals surface area contributed by atoms with Gasteiger partial charge in [0, 0.05) is 36.4 Å². The molecule has 0 radical (unpaired) electrons. The highest BCUT2D eigenvalue weighted by molar-refractivity contribution is 5.96. The van der Waals surface area contributed by atoms with Crippen LogP contribution in [0, 0.1) is 0 Å². The first kappa shape index (κ1) is 26.1. The number of hydrogen-bond acceptors (Lipinski definition) is 8. The molecule has 4 atom stereocenters. The van der Waals surface area contributed by atoms with Gasteiger partial charge < -0.3 is 34.6 Å². The number of hydrogen-bond donors (Lipinski definition) is 3. The van der Waals surface area contributed by atoms with Gasteiger partial charge in [0.05, 0.1) is 25.7 Å². The molecule has 10 heteroatoms. The summed E-state index contributed by atoms with van der Waals surface area (Å²) < 4.78 is 16.8. The van der Waals surface area contributed by atoms with Crippen molar-refractivity contribution in [2.24, 2.45) is 0 Å². The van der Waals surface area contributed by atoms with Gasteiger partial charge in [0.15, 0.2) is 11.5 Å². The molecule has 1 saturated carbocycles. The summed E-state index contributed by atoms with van der Waals surface area (Å²) in [6, 6.07) is 2.25. The van der Waals surface area contributed by atoms with Crippen molar-refractivity contribution in [2.75, 3.05) is 34.0 Å². The van der Waals surface area contributed by atoms with Gasteiger partial charge in [0.25, 0.3) is 0 Å². The van der Waals surface area contributed by atoms with Crippen LogP contribution >= 0.6 is 0 Å². The van der Waals surface area contributed by atoms with Crippen LogP contribution in [0.3, 0.4) is 0 Å². The standard InChI is InChI=1S/C26H34N2O8/c1-34-14-21(31)28(16-6-4-3-5-7-16)19-12-18(26(33)27-8-9-29)22-17-10-15(13-30)11-20(35-2)24(17)36-25(22)23(19)32/h10-13,16,19,22-23,25,29,32H,3-9,14H2,1-2H3,(H,27,33). The zero-order valence-corrected chi connectivity index (χ0v) is 20.6. The molecule has 0 spiro atoms. The van der Waals surface area contributed by atoms with Crippen molar-refractivity contribution in [3.05, 3.63) is 34.9 Å². The second-order valence-electron chi connectivity index (χ2n) is 9.43. The Labute approximate surface area is 210 Å². The van der Waals surface area contributed by atoms with E-state index in [0.717, 1.165) is 32.1 Å². The monoisotopic (exact) mass is 502 g/mol. The maximum Gasteiger partial charge on any atom is 0.249 e. The zero-order chi connectivity index (χ0) is 25.8. The van der Waals surface area contributed by atoms with Crippen molar-refractivity contribution in [1.82, 2.24) is 10.2 Å². The smallest absolute Gasteiger partial charge is 0.249 e. The Kier molecular flexibility index (Phi) is 8.28. The molecule has 1 fully saturated rings. The quantitative estimate of drug-likeness (QED) is 0.425. The first-order valence-electron chi connectivity index (χ1n) is 12.4. The molecule has 4 rings (SSSR count). The second kappa shape index (κ2) is 11.4. The Balaban J connectivity index is 1.81. The van der Waals surface area contributed by atoms with E-state index in [1.165, 1.54) is 14.2 Å². The molecule has 0 aromatic heterocycles. The number of amides is 2. The maximum atomic E-state index is 13.3. The van der Waals surface area contributed by atoms with E-state index >= 15 is 0 Å². The molecule has 2 aliphatic carbocycles. The summed E-state index contributed by atoms with van der Waals surface area (Å²) >= 11 is 0. The minimum atomic E-state index is -1.15. The fraction of sp³-hybridized carbons (Fsp3) is 0.577. The van der Waals surface area contributed by atoms with Gasteiger partial charge in [-0.05, 0) is 31.1 Å². The number of carbonyl (C=O) groups excluding carboxylic acids is 3. The minimum absolute atomic E-state index is 0.0428. The van der Waals surface area contributed by atoms with E-state index < -0.39 is 30.1 Å². The fourth-order valence-electron chi connectivity index (χ4n) is 5.70. The molecule has 10 nitrogen and oxygen atoms in total. The average molecular weight is 503 g/mol. The predicted molar refractivity (Wildman–Crippen MR) is 129 cm³/mol. The third-order valence-corrected chi connectivity index (χ3v) is 7.26. The predicted octanol–water partition coefficient (Wildman–Crippen LogP) is 0.938. The summed E-state index contributed by atoms with van der Waals surface area (Å²) in [5, 5.41) is 23.6. The Morgan fingerprint density at radius 3 is 2.61 bits per heavy atom. The number of fused-ring (bicyclic) bond motifs is 3. The second-order valence-corrected chi connectivity index (χ2v) is 9.43. The molecule has 1 heterocycles. The molecule has 2 amide bonds. The molecular weight excluding hydrogens is 468 g/mol. The van der Waals surface area contributed by atoms with Gasteiger partial charge in [0.1, 0.15) is 25.1 Å². The summed E-state index contributed by atoms with van der Waals surface area (Å²) in [5.41, 5.74) is 1.20. The lowest BCUT2D eigenvalue weighted by Gasteiger charge is -2.45. The highest BCUT2D eigenvalue weighted by Gasteiger charge is 2.52. The maximum absolute atomic E-state index is 13.3. The van der Waals surface area contributed by atoms with Crippen molar-refractivity contribution < 1.29 is 38.8 Å². The molecule has 1 aromatic carbocycles. The first-order chi connectivity index (χ1) is 17.4. The largest absolute Gasteiger partial charge is 0.493 e. The number of aliphatic hydroxyl groups excluding tert-OH is 2. The van der Waals surface area contributed by atoms with E-state index in [9.17, 15) is 24.6 Å². The third kappa shape index (κ3) is 4.85. The number of carbonyl (C=O) groups is 3. The fourth-order valence-corrected chi connectivity index (χ4v) is 5.70. The van der Waals surface area contributed by atoms with E-state index in [2.05, 4.69) is 5.32 Å². The van der Waals surface area contributed by atoms with Gasteiger partial charge in [-0.2, -0.15) is 0 Å². The molecule has 0 saturated heterocycles. The molecule has 1 aliphatic heterocycles. The lowest BCUT2D eigenvalue weighted by molar-refractivity contribution is -0.145. The van der Waals surface area contributed by atoms with Crippen LogP contribution in [-0.4, -0.2) is 91.5 Å². The van der Waals surface area contributed by atoms with Gasteiger partial charge >= 0.3 is 0 Å². The Hall–Kier alpha value is -2.95. The van der Waals surface area contributed by atoms with Crippen LogP contribution in [0.15, 0.2) is 23.8 Å². The molecule has 3 aliphatic rings. The number of aliphatic hydroxyl groups is 2. The van der Waals surface area contributed by atoms with E-state index in [4.69, 9.17) is 14.2 Å². The van der Waals surface area contributed by atoms with Gasteiger partial charge in [-0.3, -0.25) is 14.4 Å². The topological polar surface area (TPSA) is 135 Å². The van der Waals surface area contributed by atoms with Crippen molar-refractivity contribution in [3.63, 3.8) is 0 Å². The zero-order valence-electron chi connectivity index (χ0n) is 20.6. The Morgan fingerprint density at radius 1 is 1.22 bits per heavy atom. The van der Waals surface area contributed by atoms with Crippen LogP contribution in [-0.2, 0) is 14.3 Å². The minimum Gasteiger partial charge on any atom is -0.493 e. The van der Waals surface area contributed by atoms with Crippen molar-refractivity contribution >= 4 is 18.1 Å². The third-order valence-electron chi connectivity index (χ3n) is 7.26. The molecule has 1 aromatic rings. The SMILES string of the molecule is COCC(=O)N(C1CCCCC1)C1C=C(C(=O)NCCO)C2c3cc(C=O)cc(OC)c3OC2C1O. The first-order valence-corrected chi connectivity index (χ1v) is 12.4. The number of rotatable bonds is 9. The van der Waals surface area contributed by atoms with E-state index in [0.29, 0.717) is 34.5 Å². The molecule has 196 valence electrons. The van der Waals surface area contributed by atoms with E-state index in [1.54, 1.807) is 23.1 Å². The molecule has 4 unspecified atom stereocenters. The van der Waals surface area contributed by atoms with Gasteiger partial charge in [-0.1, -0.05) is 19.3 Å². The van der Waals surface area contributed by atoms with Crippen molar-refractivity contribution in [3.8, 4) is 11.5 Å². The number of methoxy groups -OCH3 is 2. The van der Waals surface area contributed by atoms with Crippen molar-refractivity contribution in [2.45, 2.75) is 62.3 Å². The normalized spacial score (nSPS) is 25.2. The highest BCUT2D eigenvalue weighted by atomic mass is 16.5. The molecule has 36 heavy (non-hydrogen) atoms. The van der Waals surface area contributed by atoms with Gasteiger partial charge in [0.2, 0.25) is 11.8 Å². The van der Waals surface area contributed by atoms with Crippen LogP contribution in [0.25, 0.3) is 0 Å². The summed E-state index contributed by atoms with van der Waals surface area (Å²) in [6.07, 6.45) is 4.90. The summed E-state index contributed by atoms with van der Waals surface area (Å²) in [5.74, 6) is -0.724.